The van der Waals surface area contributed by atoms with E-state index in [1.807, 2.05) is 18.7 Å². The molecule has 1 fully saturated rings. The largest absolute Gasteiger partial charge is 0.481 e. The molecule has 5 nitrogen and oxygen atoms in total. The highest BCUT2D eigenvalue weighted by molar-refractivity contribution is 5.75. The summed E-state index contributed by atoms with van der Waals surface area (Å²) in [4.78, 5) is 26.8. The first-order valence-corrected chi connectivity index (χ1v) is 7.08. The number of hydrogen-bond donors (Lipinski definition) is 1. The standard InChI is InChI=1S/C14H26N2O3/c1-10(2)8-16(11(3)4)14(19)15-6-5-12(9-15)7-13(17)18/h10-12H,5-9H2,1-4H3,(H,17,18). The molecule has 1 atom stereocenters. The van der Waals surface area contributed by atoms with Crippen LogP contribution in [0.15, 0.2) is 0 Å². The van der Waals surface area contributed by atoms with Crippen molar-refractivity contribution in [3.05, 3.63) is 0 Å². The number of carbonyl (C=O) groups is 2. The van der Waals surface area contributed by atoms with Gasteiger partial charge in [-0.3, -0.25) is 4.79 Å². The van der Waals surface area contributed by atoms with Crippen LogP contribution in [0.2, 0.25) is 0 Å². The van der Waals surface area contributed by atoms with E-state index in [9.17, 15) is 9.59 Å². The second kappa shape index (κ2) is 6.78. The van der Waals surface area contributed by atoms with Gasteiger partial charge < -0.3 is 14.9 Å². The van der Waals surface area contributed by atoms with E-state index in [0.29, 0.717) is 19.0 Å². The van der Waals surface area contributed by atoms with Gasteiger partial charge in [-0.25, -0.2) is 4.79 Å². The summed E-state index contributed by atoms with van der Waals surface area (Å²) in [5.41, 5.74) is 0. The molecule has 110 valence electrons. The molecular formula is C14H26N2O3. The molecule has 19 heavy (non-hydrogen) atoms. The quantitative estimate of drug-likeness (QED) is 0.833. The molecule has 1 heterocycles. The summed E-state index contributed by atoms with van der Waals surface area (Å²) in [5, 5.41) is 8.80. The number of carboxylic acids is 1. The molecular weight excluding hydrogens is 244 g/mol. The molecule has 1 saturated heterocycles. The Bertz CT molecular complexity index is 329. The van der Waals surface area contributed by atoms with Crippen molar-refractivity contribution in [3.63, 3.8) is 0 Å². The Morgan fingerprint density at radius 2 is 1.95 bits per heavy atom. The minimum atomic E-state index is -0.776. The fourth-order valence-corrected chi connectivity index (χ4v) is 2.50. The molecule has 0 aromatic rings. The zero-order chi connectivity index (χ0) is 14.6. The monoisotopic (exact) mass is 270 g/mol. The van der Waals surface area contributed by atoms with Gasteiger partial charge in [0.2, 0.25) is 0 Å². The van der Waals surface area contributed by atoms with Gasteiger partial charge in [-0.2, -0.15) is 0 Å². The summed E-state index contributed by atoms with van der Waals surface area (Å²) in [5.74, 6) is -0.236. The van der Waals surface area contributed by atoms with Gasteiger partial charge in [0, 0.05) is 32.1 Å². The van der Waals surface area contributed by atoms with Gasteiger partial charge in [0.15, 0.2) is 0 Å². The molecule has 5 heteroatoms. The van der Waals surface area contributed by atoms with Crippen LogP contribution in [0.25, 0.3) is 0 Å². The lowest BCUT2D eigenvalue weighted by Gasteiger charge is -2.32. The van der Waals surface area contributed by atoms with Crippen LogP contribution >= 0.6 is 0 Å². The van der Waals surface area contributed by atoms with Gasteiger partial charge in [-0.1, -0.05) is 13.8 Å². The van der Waals surface area contributed by atoms with E-state index in [1.54, 1.807) is 4.90 Å². The highest BCUT2D eigenvalue weighted by Crippen LogP contribution is 2.21. The van der Waals surface area contributed by atoms with E-state index in [-0.39, 0.29) is 24.4 Å². The number of rotatable bonds is 5. The van der Waals surface area contributed by atoms with Crippen molar-refractivity contribution in [2.75, 3.05) is 19.6 Å². The van der Waals surface area contributed by atoms with E-state index in [0.717, 1.165) is 13.0 Å². The van der Waals surface area contributed by atoms with E-state index < -0.39 is 5.97 Å². The van der Waals surface area contributed by atoms with Crippen LogP contribution in [0, 0.1) is 11.8 Å². The third-order valence-corrected chi connectivity index (χ3v) is 3.45. The third-order valence-electron chi connectivity index (χ3n) is 3.45. The lowest BCUT2D eigenvalue weighted by Crippen LogP contribution is -2.47. The predicted molar refractivity (Wildman–Crippen MR) is 74.0 cm³/mol. The van der Waals surface area contributed by atoms with Crippen LogP contribution in [0.3, 0.4) is 0 Å². The first kappa shape index (κ1) is 15.8. The molecule has 1 aliphatic rings. The fourth-order valence-electron chi connectivity index (χ4n) is 2.50. The molecule has 1 rings (SSSR count). The van der Waals surface area contributed by atoms with Crippen molar-refractivity contribution in [2.45, 2.75) is 46.6 Å². The molecule has 0 radical (unpaired) electrons. The number of carboxylic acid groups (broad SMARTS) is 1. The molecule has 1 unspecified atom stereocenters. The Morgan fingerprint density at radius 3 is 2.42 bits per heavy atom. The van der Waals surface area contributed by atoms with Gasteiger partial charge in [0.05, 0.1) is 0 Å². The molecule has 1 N–H and O–H groups in total. The fraction of sp³-hybridized carbons (Fsp3) is 0.857. The van der Waals surface area contributed by atoms with E-state index in [4.69, 9.17) is 5.11 Å². The Morgan fingerprint density at radius 1 is 1.32 bits per heavy atom. The minimum Gasteiger partial charge on any atom is -0.481 e. The number of amides is 2. The molecule has 0 saturated carbocycles. The zero-order valence-corrected chi connectivity index (χ0v) is 12.4. The molecule has 2 amide bonds. The summed E-state index contributed by atoms with van der Waals surface area (Å²) in [7, 11) is 0. The van der Waals surface area contributed by atoms with Crippen molar-refractivity contribution in [3.8, 4) is 0 Å². The summed E-state index contributed by atoms with van der Waals surface area (Å²) >= 11 is 0. The normalized spacial score (nSPS) is 19.3. The average molecular weight is 270 g/mol. The summed E-state index contributed by atoms with van der Waals surface area (Å²) < 4.78 is 0. The molecule has 0 spiro atoms. The second-order valence-corrected chi connectivity index (χ2v) is 6.12. The van der Waals surface area contributed by atoms with Gasteiger partial charge in [0.1, 0.15) is 0 Å². The maximum absolute atomic E-state index is 12.5. The number of urea groups is 1. The van der Waals surface area contributed by atoms with Crippen LogP contribution in [0.5, 0.6) is 0 Å². The Hall–Kier alpha value is -1.26. The lowest BCUT2D eigenvalue weighted by molar-refractivity contribution is -0.138. The molecule has 0 aliphatic carbocycles. The summed E-state index contributed by atoms with van der Waals surface area (Å²) in [6.07, 6.45) is 0.960. The first-order chi connectivity index (χ1) is 8.81. The van der Waals surface area contributed by atoms with E-state index in [2.05, 4.69) is 13.8 Å². The minimum absolute atomic E-state index is 0.0524. The van der Waals surface area contributed by atoms with Crippen LogP contribution in [-0.2, 0) is 4.79 Å². The maximum atomic E-state index is 12.5. The molecule has 1 aliphatic heterocycles. The lowest BCUT2D eigenvalue weighted by atomic mass is 10.1. The third kappa shape index (κ3) is 4.73. The van der Waals surface area contributed by atoms with Gasteiger partial charge in [0.25, 0.3) is 0 Å². The van der Waals surface area contributed by atoms with Crippen LogP contribution in [0.4, 0.5) is 4.79 Å². The zero-order valence-electron chi connectivity index (χ0n) is 12.4. The number of nitrogens with zero attached hydrogens (tertiary/aromatic N) is 2. The van der Waals surface area contributed by atoms with Crippen molar-refractivity contribution in [1.82, 2.24) is 9.80 Å². The van der Waals surface area contributed by atoms with Crippen LogP contribution < -0.4 is 0 Å². The van der Waals surface area contributed by atoms with Crippen molar-refractivity contribution < 1.29 is 14.7 Å². The Balaban J connectivity index is 2.59. The first-order valence-electron chi connectivity index (χ1n) is 7.08. The molecule has 0 bridgehead atoms. The highest BCUT2D eigenvalue weighted by atomic mass is 16.4. The predicted octanol–water partition coefficient (Wildman–Crippen LogP) is 2.27. The Labute approximate surface area is 115 Å². The number of hydrogen-bond acceptors (Lipinski definition) is 2. The smallest absolute Gasteiger partial charge is 0.320 e. The summed E-state index contributed by atoms with van der Waals surface area (Å²) in [6, 6.07) is 0.227. The van der Waals surface area contributed by atoms with Gasteiger partial charge in [-0.15, -0.1) is 0 Å². The highest BCUT2D eigenvalue weighted by Gasteiger charge is 2.31. The van der Waals surface area contributed by atoms with Crippen LogP contribution in [-0.4, -0.2) is 52.6 Å². The van der Waals surface area contributed by atoms with Crippen LogP contribution in [0.1, 0.15) is 40.5 Å². The van der Waals surface area contributed by atoms with E-state index in [1.165, 1.54) is 0 Å². The summed E-state index contributed by atoms with van der Waals surface area (Å²) in [6.45, 7) is 10.2. The number of carbonyl (C=O) groups excluding carboxylic acids is 1. The van der Waals surface area contributed by atoms with Crippen molar-refractivity contribution >= 4 is 12.0 Å². The van der Waals surface area contributed by atoms with Crippen molar-refractivity contribution in [1.29, 1.82) is 0 Å². The number of likely N-dealkylation sites (tertiary alicyclic amines) is 1. The number of aliphatic carboxylic acids is 1. The van der Waals surface area contributed by atoms with Gasteiger partial charge in [-0.05, 0) is 32.1 Å². The molecule has 0 aromatic heterocycles. The van der Waals surface area contributed by atoms with Gasteiger partial charge >= 0.3 is 12.0 Å². The SMILES string of the molecule is CC(C)CN(C(=O)N1CCC(CC(=O)O)C1)C(C)C. The molecule has 0 aromatic carbocycles. The van der Waals surface area contributed by atoms with Crippen molar-refractivity contribution in [2.24, 2.45) is 11.8 Å². The maximum Gasteiger partial charge on any atom is 0.320 e. The average Bonchev–Trinajstić information content (AvgIpc) is 2.71. The second-order valence-electron chi connectivity index (χ2n) is 6.12. The van der Waals surface area contributed by atoms with E-state index >= 15 is 0 Å². The topological polar surface area (TPSA) is 60.9 Å². The Kier molecular flexibility index (Phi) is 5.63.